The van der Waals surface area contributed by atoms with Gasteiger partial charge in [-0.1, -0.05) is 29.8 Å². The largest absolute Gasteiger partial charge is 0.391 e. The van der Waals surface area contributed by atoms with Gasteiger partial charge in [0.25, 0.3) is 0 Å². The van der Waals surface area contributed by atoms with E-state index in [9.17, 15) is 0 Å². The molecule has 1 aliphatic heterocycles. The summed E-state index contributed by atoms with van der Waals surface area (Å²) in [6, 6.07) is 8.88. The van der Waals surface area contributed by atoms with Gasteiger partial charge in [-0.2, -0.15) is 0 Å². The highest BCUT2D eigenvalue weighted by Crippen LogP contribution is 2.01. The number of nitrogens with one attached hydrogen (secondary N) is 2. The molecule has 1 aliphatic rings. The summed E-state index contributed by atoms with van der Waals surface area (Å²) in [6.07, 6.45) is 0. The smallest absolute Gasteiger partial charge is 0.127 e. The van der Waals surface area contributed by atoms with Crippen LogP contribution in [0.15, 0.2) is 24.3 Å². The predicted octanol–water partition coefficient (Wildman–Crippen LogP) is -1.73. The molecular weight excluding hydrogens is 212 g/mol. The van der Waals surface area contributed by atoms with Crippen molar-refractivity contribution in [2.75, 3.05) is 39.3 Å². The molecule has 1 fully saturated rings. The van der Waals surface area contributed by atoms with E-state index >= 15 is 0 Å². The van der Waals surface area contributed by atoms with Gasteiger partial charge in [-0.15, -0.1) is 0 Å². The van der Waals surface area contributed by atoms with Gasteiger partial charge in [-0.3, -0.25) is 0 Å². The van der Waals surface area contributed by atoms with E-state index in [0.29, 0.717) is 6.61 Å². The van der Waals surface area contributed by atoms with E-state index in [1.165, 1.54) is 37.3 Å². The van der Waals surface area contributed by atoms with Crippen molar-refractivity contribution >= 4 is 0 Å². The highest BCUT2D eigenvalue weighted by molar-refractivity contribution is 5.20. The normalized spacial score (nSPS) is 24.8. The summed E-state index contributed by atoms with van der Waals surface area (Å²) >= 11 is 0. The second kappa shape index (κ2) is 6.15. The number of aryl methyl sites for hydroxylation is 1. The van der Waals surface area contributed by atoms with Crippen LogP contribution in [0.1, 0.15) is 11.1 Å². The third kappa shape index (κ3) is 3.80. The number of piperazine rings is 1. The van der Waals surface area contributed by atoms with Crippen LogP contribution in [0.3, 0.4) is 0 Å². The lowest BCUT2D eigenvalue weighted by molar-refractivity contribution is -1.02. The molecule has 0 atom stereocenters. The molecule has 1 aromatic carbocycles. The molecule has 3 N–H and O–H groups in total. The average molecular weight is 236 g/mol. The molecule has 0 spiro atoms. The summed E-state index contributed by atoms with van der Waals surface area (Å²) in [7, 11) is 0. The molecule has 0 aliphatic carbocycles. The monoisotopic (exact) mass is 236 g/mol. The van der Waals surface area contributed by atoms with Crippen LogP contribution in [-0.4, -0.2) is 44.4 Å². The first kappa shape index (κ1) is 12.6. The number of quaternary nitrogens is 2. The van der Waals surface area contributed by atoms with E-state index in [1.54, 1.807) is 9.80 Å². The zero-order valence-electron chi connectivity index (χ0n) is 10.7. The summed E-state index contributed by atoms with van der Waals surface area (Å²) in [5.41, 5.74) is 2.78. The predicted molar refractivity (Wildman–Crippen MR) is 68.2 cm³/mol. The molecule has 0 unspecified atom stereocenters. The zero-order valence-corrected chi connectivity index (χ0v) is 10.7. The molecule has 2 rings (SSSR count). The van der Waals surface area contributed by atoms with Gasteiger partial charge in [0.05, 0.1) is 6.61 Å². The first-order valence-corrected chi connectivity index (χ1v) is 6.61. The molecule has 0 amide bonds. The van der Waals surface area contributed by atoms with Gasteiger partial charge in [-0.25, -0.2) is 0 Å². The number of aliphatic hydroxyl groups excluding tert-OH is 1. The molecule has 3 nitrogen and oxygen atoms in total. The quantitative estimate of drug-likeness (QED) is 0.570. The van der Waals surface area contributed by atoms with Gasteiger partial charge in [-0.05, 0) is 6.92 Å². The number of hydrogen-bond acceptors (Lipinski definition) is 1. The minimum atomic E-state index is 0.322. The van der Waals surface area contributed by atoms with Crippen LogP contribution >= 0.6 is 0 Å². The van der Waals surface area contributed by atoms with E-state index < -0.39 is 0 Å². The van der Waals surface area contributed by atoms with E-state index in [0.717, 1.165) is 13.1 Å². The molecule has 3 heteroatoms. The van der Waals surface area contributed by atoms with Crippen LogP contribution in [0.5, 0.6) is 0 Å². The number of hydrogen-bond donors (Lipinski definition) is 3. The molecule has 0 saturated carbocycles. The molecule has 17 heavy (non-hydrogen) atoms. The van der Waals surface area contributed by atoms with Crippen molar-refractivity contribution in [1.29, 1.82) is 0 Å². The van der Waals surface area contributed by atoms with Crippen LogP contribution in [0.2, 0.25) is 0 Å². The zero-order chi connectivity index (χ0) is 12.1. The van der Waals surface area contributed by atoms with Crippen LogP contribution in [0, 0.1) is 6.92 Å². The Morgan fingerprint density at radius 2 is 1.59 bits per heavy atom. The number of aliphatic hydroxyl groups is 1. The minimum absolute atomic E-state index is 0.322. The van der Waals surface area contributed by atoms with Crippen LogP contribution in [-0.2, 0) is 6.54 Å². The fourth-order valence-corrected chi connectivity index (χ4v) is 2.54. The maximum Gasteiger partial charge on any atom is 0.127 e. The van der Waals surface area contributed by atoms with Crippen molar-refractivity contribution in [3.63, 3.8) is 0 Å². The lowest BCUT2D eigenvalue weighted by atomic mass is 10.1. The molecular formula is C14H24N2O+2. The summed E-state index contributed by atoms with van der Waals surface area (Å²) in [6.45, 7) is 9.36. The maximum atomic E-state index is 8.92. The molecule has 94 valence electrons. The SMILES string of the molecule is Cc1ccc(C[NH+]2CC[NH+](CCO)CC2)cc1. The van der Waals surface area contributed by atoms with E-state index in [1.807, 2.05) is 0 Å². The van der Waals surface area contributed by atoms with Gasteiger partial charge < -0.3 is 14.9 Å². The van der Waals surface area contributed by atoms with Gasteiger partial charge in [0.2, 0.25) is 0 Å². The molecule has 1 saturated heterocycles. The highest BCUT2D eigenvalue weighted by Gasteiger charge is 2.22. The second-order valence-electron chi connectivity index (χ2n) is 5.14. The Labute approximate surface area is 104 Å². The fourth-order valence-electron chi connectivity index (χ4n) is 2.54. The fraction of sp³-hybridized carbons (Fsp3) is 0.571. The Morgan fingerprint density at radius 3 is 2.18 bits per heavy atom. The standard InChI is InChI=1S/C14H22N2O/c1-13-2-4-14(5-3-13)12-16-8-6-15(7-9-16)10-11-17/h2-5,17H,6-12H2,1H3/p+2. The number of benzene rings is 1. The lowest BCUT2D eigenvalue weighted by Crippen LogP contribution is -3.27. The first-order valence-electron chi connectivity index (χ1n) is 6.61. The van der Waals surface area contributed by atoms with Gasteiger partial charge >= 0.3 is 0 Å². The average Bonchev–Trinajstić information content (AvgIpc) is 2.35. The Balaban J connectivity index is 1.79. The number of rotatable bonds is 4. The molecule has 0 aromatic heterocycles. The highest BCUT2D eigenvalue weighted by atomic mass is 16.3. The van der Waals surface area contributed by atoms with Crippen molar-refractivity contribution in [3.05, 3.63) is 35.4 Å². The van der Waals surface area contributed by atoms with Crippen molar-refractivity contribution in [3.8, 4) is 0 Å². The summed E-state index contributed by atoms with van der Waals surface area (Å²) in [5.74, 6) is 0. The van der Waals surface area contributed by atoms with Crippen molar-refractivity contribution in [2.24, 2.45) is 0 Å². The van der Waals surface area contributed by atoms with Crippen molar-refractivity contribution in [1.82, 2.24) is 0 Å². The molecule has 1 aromatic rings. The minimum Gasteiger partial charge on any atom is -0.391 e. The van der Waals surface area contributed by atoms with E-state index in [-0.39, 0.29) is 0 Å². The lowest BCUT2D eigenvalue weighted by Gasteiger charge is -2.29. The van der Waals surface area contributed by atoms with E-state index in [2.05, 4.69) is 31.2 Å². The van der Waals surface area contributed by atoms with Crippen LogP contribution in [0.4, 0.5) is 0 Å². The van der Waals surface area contributed by atoms with Gasteiger partial charge in [0.15, 0.2) is 0 Å². The summed E-state index contributed by atoms with van der Waals surface area (Å²) in [5, 5.41) is 8.92. The Bertz CT molecular complexity index is 329. The second-order valence-corrected chi connectivity index (χ2v) is 5.14. The van der Waals surface area contributed by atoms with Crippen LogP contribution in [0.25, 0.3) is 0 Å². The van der Waals surface area contributed by atoms with E-state index in [4.69, 9.17) is 5.11 Å². The van der Waals surface area contributed by atoms with Gasteiger partial charge in [0.1, 0.15) is 39.3 Å². The molecule has 0 radical (unpaired) electrons. The van der Waals surface area contributed by atoms with Crippen molar-refractivity contribution in [2.45, 2.75) is 13.5 Å². The first-order chi connectivity index (χ1) is 8.28. The Morgan fingerprint density at radius 1 is 1.00 bits per heavy atom. The Kier molecular flexibility index (Phi) is 4.54. The Hall–Kier alpha value is -0.900. The van der Waals surface area contributed by atoms with Crippen molar-refractivity contribution < 1.29 is 14.9 Å². The van der Waals surface area contributed by atoms with Crippen LogP contribution < -0.4 is 9.80 Å². The van der Waals surface area contributed by atoms with Gasteiger partial charge in [0, 0.05) is 5.56 Å². The summed E-state index contributed by atoms with van der Waals surface area (Å²) in [4.78, 5) is 3.23. The molecule has 0 bridgehead atoms. The topological polar surface area (TPSA) is 29.1 Å². The molecule has 1 heterocycles. The third-order valence-corrected chi connectivity index (χ3v) is 3.70. The third-order valence-electron chi connectivity index (χ3n) is 3.70. The maximum absolute atomic E-state index is 8.92. The summed E-state index contributed by atoms with van der Waals surface area (Å²) < 4.78 is 0.